The highest BCUT2D eigenvalue weighted by molar-refractivity contribution is 5.88. The molecular formula is C36H28F3N9O3. The fraction of sp³-hybridized carbons (Fsp3) is 0.222. The second-order valence-corrected chi connectivity index (χ2v) is 12.5. The van der Waals surface area contributed by atoms with Crippen molar-refractivity contribution in [2.45, 2.75) is 31.2 Å². The van der Waals surface area contributed by atoms with E-state index in [2.05, 4.69) is 47.7 Å². The minimum Gasteiger partial charge on any atom is -0.389 e. The van der Waals surface area contributed by atoms with Gasteiger partial charge in [0.05, 0.1) is 35.8 Å². The number of nitrogens with zero attached hydrogens (tertiary/aromatic N) is 7. The van der Waals surface area contributed by atoms with Gasteiger partial charge < -0.3 is 25.4 Å². The number of halogens is 3. The van der Waals surface area contributed by atoms with Crippen LogP contribution in [0.2, 0.25) is 0 Å². The Hall–Kier alpha value is -6.11. The largest absolute Gasteiger partial charge is 0.389 e. The number of fused-ring (bicyclic) bond motifs is 2. The van der Waals surface area contributed by atoms with Crippen LogP contribution in [0.25, 0.3) is 28.1 Å². The molecule has 0 unspecified atom stereocenters. The fourth-order valence-electron chi connectivity index (χ4n) is 6.93. The van der Waals surface area contributed by atoms with Crippen molar-refractivity contribution in [2.24, 2.45) is 11.3 Å². The van der Waals surface area contributed by atoms with Crippen LogP contribution in [-0.4, -0.2) is 69.9 Å². The average Bonchev–Trinajstić information content (AvgIpc) is 3.38. The summed E-state index contributed by atoms with van der Waals surface area (Å²) in [6, 6.07) is 15.9. The van der Waals surface area contributed by atoms with Crippen LogP contribution < -0.4 is 10.6 Å². The molecule has 8 rings (SSSR count). The predicted molar refractivity (Wildman–Crippen MR) is 177 cm³/mol. The molecule has 2 aliphatic carbocycles. The van der Waals surface area contributed by atoms with E-state index in [9.17, 15) is 28.2 Å². The van der Waals surface area contributed by atoms with Crippen molar-refractivity contribution >= 4 is 22.9 Å². The molecule has 12 nitrogen and oxygen atoms in total. The maximum Gasteiger partial charge on any atom is 0.229 e. The number of carbonyl (C=O) groups is 1. The molecule has 0 bridgehead atoms. The van der Waals surface area contributed by atoms with Gasteiger partial charge in [0.2, 0.25) is 11.7 Å². The molecule has 0 saturated heterocycles. The van der Waals surface area contributed by atoms with Crippen molar-refractivity contribution in [3.8, 4) is 28.8 Å². The molecule has 256 valence electrons. The van der Waals surface area contributed by atoms with Crippen LogP contribution in [0.15, 0.2) is 79.3 Å². The first-order valence-corrected chi connectivity index (χ1v) is 16.0. The van der Waals surface area contributed by atoms with Crippen molar-refractivity contribution in [3.05, 3.63) is 114 Å². The smallest absolute Gasteiger partial charge is 0.229 e. The summed E-state index contributed by atoms with van der Waals surface area (Å²) in [5, 5.41) is 36.3. The van der Waals surface area contributed by atoms with Crippen LogP contribution in [0.4, 0.5) is 19.0 Å². The molecule has 4 N–H and O–H groups in total. The lowest BCUT2D eigenvalue weighted by molar-refractivity contribution is -0.132. The first-order valence-electron chi connectivity index (χ1n) is 16.0. The van der Waals surface area contributed by atoms with Crippen LogP contribution in [0.3, 0.4) is 0 Å². The zero-order valence-electron chi connectivity index (χ0n) is 26.8. The van der Waals surface area contributed by atoms with Crippen LogP contribution in [0, 0.1) is 40.6 Å². The molecule has 3 heterocycles. The summed E-state index contributed by atoms with van der Waals surface area (Å²) in [4.78, 5) is 26.6. The standard InChI is InChI=1S/C36H28F3N9O3/c1-40-35(51)36-15-24(36)30(31(49)32(36)50)47-18-42-29-33(43-28(44-34(29)47)12-7-19-5-9-22(37)10-6-19)41-16-20-3-2-4-23(13-20)48-17-27(45-46-48)21-8-11-25(38)26(39)14-21/h2-6,8-11,13-14,17-18,24,30-32,49-50H,15-16H2,1H3,(H,40,51)(H,41,43,44)/t24-,30-,31+,32+,36-/m1/s1. The minimum atomic E-state index is -1.27. The Morgan fingerprint density at radius 3 is 2.63 bits per heavy atom. The third kappa shape index (κ3) is 5.54. The number of aromatic nitrogens is 7. The van der Waals surface area contributed by atoms with Gasteiger partial charge in [0, 0.05) is 30.6 Å². The van der Waals surface area contributed by atoms with Crippen LogP contribution in [0.1, 0.15) is 29.4 Å². The predicted octanol–water partition coefficient (Wildman–Crippen LogP) is 3.53. The zero-order chi connectivity index (χ0) is 35.4. The van der Waals surface area contributed by atoms with Crippen molar-refractivity contribution in [2.75, 3.05) is 12.4 Å². The van der Waals surface area contributed by atoms with Gasteiger partial charge in [-0.05, 0) is 72.5 Å². The SMILES string of the molecule is CNC(=O)[C@]12C[C@@H]1[C@@H](n1cnc3c(NCc4cccc(-n5cc(-c6ccc(F)c(F)c6)nn5)c4)nc(C#Cc4ccc(F)cc4)nc31)[C@H](O)[C@@H]2O. The third-order valence-electron chi connectivity index (χ3n) is 9.57. The van der Waals surface area contributed by atoms with Crippen LogP contribution >= 0.6 is 0 Å². The van der Waals surface area contributed by atoms with E-state index in [4.69, 9.17) is 0 Å². The molecule has 5 atom stereocenters. The highest BCUT2D eigenvalue weighted by atomic mass is 19.2. The maximum atomic E-state index is 13.8. The number of aliphatic hydroxyl groups excluding tert-OH is 2. The van der Waals surface area contributed by atoms with Gasteiger partial charge in [0.15, 0.2) is 28.6 Å². The summed E-state index contributed by atoms with van der Waals surface area (Å²) in [5.74, 6) is 3.34. The number of carbonyl (C=O) groups excluding carboxylic acids is 1. The van der Waals surface area contributed by atoms with Crippen LogP contribution in [0.5, 0.6) is 0 Å². The Balaban J connectivity index is 1.11. The number of aliphatic hydroxyl groups is 2. The van der Waals surface area contributed by atoms with Crippen molar-refractivity contribution < 1.29 is 28.2 Å². The van der Waals surface area contributed by atoms with Crippen molar-refractivity contribution in [1.29, 1.82) is 0 Å². The summed E-state index contributed by atoms with van der Waals surface area (Å²) in [6.07, 6.45) is 0.996. The first kappa shape index (κ1) is 32.1. The van der Waals surface area contributed by atoms with Gasteiger partial charge in [-0.1, -0.05) is 23.3 Å². The van der Waals surface area contributed by atoms with Gasteiger partial charge in [-0.3, -0.25) is 4.79 Å². The first-order chi connectivity index (χ1) is 24.7. The number of hydrogen-bond donors (Lipinski definition) is 4. The Labute approximate surface area is 288 Å². The van der Waals surface area contributed by atoms with E-state index < -0.39 is 41.1 Å². The Morgan fingerprint density at radius 1 is 1.02 bits per heavy atom. The summed E-state index contributed by atoms with van der Waals surface area (Å²) < 4.78 is 43.9. The van der Waals surface area contributed by atoms with E-state index >= 15 is 0 Å². The summed E-state index contributed by atoms with van der Waals surface area (Å²) >= 11 is 0. The quantitative estimate of drug-likeness (QED) is 0.184. The molecule has 2 saturated carbocycles. The van der Waals surface area contributed by atoms with Gasteiger partial charge in [0.1, 0.15) is 17.6 Å². The highest BCUT2D eigenvalue weighted by Gasteiger charge is 2.75. The van der Waals surface area contributed by atoms with Crippen LogP contribution in [-0.2, 0) is 11.3 Å². The maximum absolute atomic E-state index is 13.8. The monoisotopic (exact) mass is 691 g/mol. The van der Waals surface area contributed by atoms with E-state index in [0.717, 1.165) is 17.7 Å². The second kappa shape index (κ2) is 12.3. The van der Waals surface area contributed by atoms with Crippen molar-refractivity contribution in [1.82, 2.24) is 39.8 Å². The van der Waals surface area contributed by atoms with Gasteiger partial charge >= 0.3 is 0 Å². The molecular weight excluding hydrogens is 663 g/mol. The molecule has 0 spiro atoms. The lowest BCUT2D eigenvalue weighted by atomic mass is 9.98. The molecule has 51 heavy (non-hydrogen) atoms. The molecule has 0 radical (unpaired) electrons. The molecule has 3 aromatic heterocycles. The van der Waals surface area contributed by atoms with E-state index in [1.54, 1.807) is 10.8 Å². The van der Waals surface area contributed by atoms with E-state index in [1.807, 2.05) is 24.3 Å². The summed E-state index contributed by atoms with van der Waals surface area (Å²) in [6.45, 7) is 0.273. The number of hydrogen-bond acceptors (Lipinski definition) is 9. The molecule has 1 amide bonds. The topological polar surface area (TPSA) is 156 Å². The Bertz CT molecular complexity index is 2390. The van der Waals surface area contributed by atoms with Gasteiger partial charge in [-0.2, -0.15) is 0 Å². The van der Waals surface area contributed by atoms with Gasteiger partial charge in [0.25, 0.3) is 0 Å². The Morgan fingerprint density at radius 2 is 1.84 bits per heavy atom. The molecule has 0 aliphatic heterocycles. The summed E-state index contributed by atoms with van der Waals surface area (Å²) in [7, 11) is 1.50. The van der Waals surface area contributed by atoms with E-state index in [1.165, 1.54) is 48.4 Å². The van der Waals surface area contributed by atoms with E-state index in [-0.39, 0.29) is 24.2 Å². The van der Waals surface area contributed by atoms with Gasteiger partial charge in [-0.25, -0.2) is 32.8 Å². The molecule has 2 fully saturated rings. The molecule has 6 aromatic rings. The lowest BCUT2D eigenvalue weighted by Crippen LogP contribution is -2.41. The number of rotatable bonds is 7. The average molecular weight is 692 g/mol. The Kier molecular flexibility index (Phi) is 7.77. The number of anilines is 1. The number of amides is 1. The normalized spacial score (nSPS) is 21.9. The molecule has 2 aliphatic rings. The highest BCUT2D eigenvalue weighted by Crippen LogP contribution is 2.67. The summed E-state index contributed by atoms with van der Waals surface area (Å²) in [5.41, 5.74) is 2.40. The number of nitrogens with one attached hydrogen (secondary N) is 2. The van der Waals surface area contributed by atoms with Gasteiger partial charge in [-0.15, -0.1) is 5.10 Å². The third-order valence-corrected chi connectivity index (χ3v) is 9.57. The van der Waals surface area contributed by atoms with Crippen molar-refractivity contribution in [3.63, 3.8) is 0 Å². The molecule has 15 heteroatoms. The fourth-order valence-corrected chi connectivity index (χ4v) is 6.93. The second-order valence-electron chi connectivity index (χ2n) is 12.5. The number of benzene rings is 3. The molecule has 3 aromatic carbocycles. The zero-order valence-corrected chi connectivity index (χ0v) is 26.8. The lowest BCUT2D eigenvalue weighted by Gasteiger charge is -2.23. The van der Waals surface area contributed by atoms with E-state index in [0.29, 0.717) is 45.9 Å². The number of imidazole rings is 1. The minimum absolute atomic E-state index is 0.124.